The number of anilines is 1. The number of carbonyl (C=O) groups is 1. The molecule has 0 spiro atoms. The van der Waals surface area contributed by atoms with E-state index < -0.39 is 0 Å². The Morgan fingerprint density at radius 3 is 2.67 bits per heavy atom. The van der Waals surface area contributed by atoms with Crippen molar-refractivity contribution in [1.82, 2.24) is 0 Å². The van der Waals surface area contributed by atoms with Crippen molar-refractivity contribution in [2.75, 3.05) is 11.9 Å². The summed E-state index contributed by atoms with van der Waals surface area (Å²) >= 11 is 3.37. The Hall–Kier alpha value is -2.32. The lowest BCUT2D eigenvalue weighted by atomic mass is 10.2. The Balaban J connectivity index is 1.92. The fourth-order valence-electron chi connectivity index (χ4n) is 1.69. The molecule has 0 atom stereocenters. The highest BCUT2D eigenvalue weighted by Gasteiger charge is 2.06. The third-order valence-corrected chi connectivity index (χ3v) is 3.32. The molecule has 0 heterocycles. The zero-order chi connectivity index (χ0) is 15.2. The molecule has 0 aliphatic heterocycles. The van der Waals surface area contributed by atoms with E-state index in [-0.39, 0.29) is 12.5 Å². The van der Waals surface area contributed by atoms with Crippen molar-refractivity contribution in [1.29, 1.82) is 5.26 Å². The molecule has 21 heavy (non-hydrogen) atoms. The van der Waals surface area contributed by atoms with Crippen LogP contribution in [-0.2, 0) is 4.79 Å². The molecule has 5 heteroatoms. The summed E-state index contributed by atoms with van der Waals surface area (Å²) < 4.78 is 6.28. The Labute approximate surface area is 131 Å². The lowest BCUT2D eigenvalue weighted by Gasteiger charge is -2.10. The Bertz CT molecular complexity index is 690. The number of rotatable bonds is 4. The Kier molecular flexibility index (Phi) is 4.96. The van der Waals surface area contributed by atoms with Crippen molar-refractivity contribution in [2.24, 2.45) is 0 Å². The van der Waals surface area contributed by atoms with E-state index in [4.69, 9.17) is 10.00 Å². The zero-order valence-corrected chi connectivity index (χ0v) is 13.0. The first-order chi connectivity index (χ1) is 10.1. The third kappa shape index (κ3) is 4.33. The molecule has 0 bridgehead atoms. The highest BCUT2D eigenvalue weighted by molar-refractivity contribution is 9.10. The summed E-state index contributed by atoms with van der Waals surface area (Å²) in [7, 11) is 0. The summed E-state index contributed by atoms with van der Waals surface area (Å²) in [5, 5.41) is 11.5. The largest absolute Gasteiger partial charge is 0.484 e. The number of aryl methyl sites for hydroxylation is 1. The van der Waals surface area contributed by atoms with Gasteiger partial charge in [-0.3, -0.25) is 4.79 Å². The van der Waals surface area contributed by atoms with Gasteiger partial charge in [-0.05, 0) is 48.9 Å². The number of amides is 1. The fraction of sp³-hybridized carbons (Fsp3) is 0.125. The smallest absolute Gasteiger partial charge is 0.262 e. The summed E-state index contributed by atoms with van der Waals surface area (Å²) in [5.41, 5.74) is 2.28. The van der Waals surface area contributed by atoms with Crippen LogP contribution in [0.4, 0.5) is 5.69 Å². The van der Waals surface area contributed by atoms with Crippen LogP contribution in [0.25, 0.3) is 0 Å². The molecule has 2 rings (SSSR count). The number of hydrogen-bond acceptors (Lipinski definition) is 3. The van der Waals surface area contributed by atoms with Crippen LogP contribution in [0.3, 0.4) is 0 Å². The highest BCUT2D eigenvalue weighted by atomic mass is 79.9. The second-order valence-corrected chi connectivity index (χ2v) is 5.35. The number of ether oxygens (including phenoxy) is 1. The lowest BCUT2D eigenvalue weighted by molar-refractivity contribution is -0.118. The van der Waals surface area contributed by atoms with E-state index in [9.17, 15) is 4.79 Å². The first-order valence-corrected chi connectivity index (χ1v) is 7.07. The van der Waals surface area contributed by atoms with Gasteiger partial charge in [0.2, 0.25) is 0 Å². The number of hydrogen-bond donors (Lipinski definition) is 1. The third-order valence-electron chi connectivity index (χ3n) is 2.83. The quantitative estimate of drug-likeness (QED) is 0.920. The first-order valence-electron chi connectivity index (χ1n) is 6.27. The predicted molar refractivity (Wildman–Crippen MR) is 84.2 cm³/mol. The van der Waals surface area contributed by atoms with Gasteiger partial charge in [-0.15, -0.1) is 0 Å². The number of nitrogens with one attached hydrogen (secondary N) is 1. The Morgan fingerprint density at radius 2 is 2.00 bits per heavy atom. The van der Waals surface area contributed by atoms with Crippen LogP contribution in [0.5, 0.6) is 5.75 Å². The standard InChI is InChI=1S/C16H13BrN2O2/c1-11-2-5-13(17)8-15(11)19-16(20)10-21-14-6-3-12(9-18)4-7-14/h2-8H,10H2,1H3,(H,19,20). The monoisotopic (exact) mass is 344 g/mol. The van der Waals surface area contributed by atoms with E-state index in [0.717, 1.165) is 15.7 Å². The minimum atomic E-state index is -0.236. The van der Waals surface area contributed by atoms with Gasteiger partial charge >= 0.3 is 0 Å². The summed E-state index contributed by atoms with van der Waals surface area (Å²) in [6.07, 6.45) is 0. The van der Waals surface area contributed by atoms with Gasteiger partial charge in [0, 0.05) is 10.2 Å². The van der Waals surface area contributed by atoms with Crippen LogP contribution < -0.4 is 10.1 Å². The second-order valence-electron chi connectivity index (χ2n) is 4.43. The molecule has 0 aliphatic carbocycles. The van der Waals surface area contributed by atoms with Gasteiger partial charge in [0.1, 0.15) is 5.75 Å². The molecule has 0 aliphatic rings. The maximum absolute atomic E-state index is 11.9. The number of benzene rings is 2. The summed E-state index contributed by atoms with van der Waals surface area (Å²) in [6.45, 7) is 1.83. The number of carbonyl (C=O) groups excluding carboxylic acids is 1. The van der Waals surface area contributed by atoms with E-state index >= 15 is 0 Å². The average Bonchev–Trinajstić information content (AvgIpc) is 2.49. The average molecular weight is 345 g/mol. The molecule has 0 saturated carbocycles. The highest BCUT2D eigenvalue weighted by Crippen LogP contribution is 2.20. The van der Waals surface area contributed by atoms with E-state index in [0.29, 0.717) is 11.3 Å². The van der Waals surface area contributed by atoms with Crippen LogP contribution in [0.1, 0.15) is 11.1 Å². The summed E-state index contributed by atoms with van der Waals surface area (Å²) in [5.74, 6) is 0.315. The van der Waals surface area contributed by atoms with E-state index in [1.807, 2.05) is 31.2 Å². The van der Waals surface area contributed by atoms with E-state index in [1.54, 1.807) is 24.3 Å². The normalized spacial score (nSPS) is 9.76. The Morgan fingerprint density at radius 1 is 1.29 bits per heavy atom. The summed E-state index contributed by atoms with van der Waals surface area (Å²) in [6, 6.07) is 14.3. The molecule has 0 fully saturated rings. The van der Waals surface area contributed by atoms with Crippen molar-refractivity contribution in [3.05, 3.63) is 58.1 Å². The van der Waals surface area contributed by atoms with Crippen molar-refractivity contribution >= 4 is 27.5 Å². The molecule has 4 nitrogen and oxygen atoms in total. The molecular weight excluding hydrogens is 332 g/mol. The van der Waals surface area contributed by atoms with Gasteiger partial charge in [0.15, 0.2) is 6.61 Å². The minimum absolute atomic E-state index is 0.0855. The molecule has 1 N–H and O–H groups in total. The molecule has 2 aromatic carbocycles. The maximum Gasteiger partial charge on any atom is 0.262 e. The summed E-state index contributed by atoms with van der Waals surface area (Å²) in [4.78, 5) is 11.9. The predicted octanol–water partition coefficient (Wildman–Crippen LogP) is 3.65. The van der Waals surface area contributed by atoms with Crippen molar-refractivity contribution in [2.45, 2.75) is 6.92 Å². The molecule has 0 aromatic heterocycles. The molecule has 1 amide bonds. The van der Waals surface area contributed by atoms with Gasteiger partial charge in [0.05, 0.1) is 11.6 Å². The molecule has 2 aromatic rings. The van der Waals surface area contributed by atoms with Gasteiger partial charge in [-0.1, -0.05) is 22.0 Å². The minimum Gasteiger partial charge on any atom is -0.484 e. The van der Waals surface area contributed by atoms with Crippen LogP contribution in [0.15, 0.2) is 46.9 Å². The van der Waals surface area contributed by atoms with E-state index in [1.165, 1.54) is 0 Å². The number of nitriles is 1. The lowest BCUT2D eigenvalue weighted by Crippen LogP contribution is -2.20. The first kappa shape index (κ1) is 15.1. The topological polar surface area (TPSA) is 62.1 Å². The van der Waals surface area contributed by atoms with Gasteiger partial charge in [-0.25, -0.2) is 0 Å². The molecule has 0 saturated heterocycles. The SMILES string of the molecule is Cc1ccc(Br)cc1NC(=O)COc1ccc(C#N)cc1. The van der Waals surface area contributed by atoms with Gasteiger partial charge in [0.25, 0.3) is 5.91 Å². The number of halogens is 1. The molecule has 106 valence electrons. The van der Waals surface area contributed by atoms with Crippen molar-refractivity contribution in [3.63, 3.8) is 0 Å². The maximum atomic E-state index is 11.9. The van der Waals surface area contributed by atoms with Crippen LogP contribution >= 0.6 is 15.9 Å². The van der Waals surface area contributed by atoms with Crippen molar-refractivity contribution in [3.8, 4) is 11.8 Å². The molecular formula is C16H13BrN2O2. The second kappa shape index (κ2) is 6.91. The fourth-order valence-corrected chi connectivity index (χ4v) is 2.05. The number of nitrogens with zero attached hydrogens (tertiary/aromatic N) is 1. The molecule has 0 unspecified atom stereocenters. The van der Waals surface area contributed by atoms with Gasteiger partial charge in [-0.2, -0.15) is 5.26 Å². The zero-order valence-electron chi connectivity index (χ0n) is 11.4. The van der Waals surface area contributed by atoms with Crippen LogP contribution in [0, 0.1) is 18.3 Å². The molecule has 0 radical (unpaired) electrons. The van der Waals surface area contributed by atoms with Crippen molar-refractivity contribution < 1.29 is 9.53 Å². The van der Waals surface area contributed by atoms with E-state index in [2.05, 4.69) is 21.2 Å². The van der Waals surface area contributed by atoms with Crippen LogP contribution in [-0.4, -0.2) is 12.5 Å². The van der Waals surface area contributed by atoms with Gasteiger partial charge < -0.3 is 10.1 Å². The van der Waals surface area contributed by atoms with Crippen LogP contribution in [0.2, 0.25) is 0 Å².